The second kappa shape index (κ2) is 9.03. The van der Waals surface area contributed by atoms with E-state index < -0.39 is 5.97 Å². The Balaban J connectivity index is 1.63. The van der Waals surface area contributed by atoms with Gasteiger partial charge in [0.1, 0.15) is 5.00 Å². The minimum Gasteiger partial charge on any atom is -0.462 e. The molecule has 3 rings (SSSR count). The molecular formula is C19H19N3O4S2. The predicted octanol–water partition coefficient (Wildman–Crippen LogP) is 4.32. The minimum absolute atomic E-state index is 0.0781. The number of carbonyl (C=O) groups is 2. The molecule has 2 heterocycles. The first kappa shape index (κ1) is 20.1. The number of ether oxygens (including phenoxy) is 1. The van der Waals surface area contributed by atoms with Gasteiger partial charge in [0.15, 0.2) is 0 Å². The summed E-state index contributed by atoms with van der Waals surface area (Å²) in [6.45, 7) is 5.76. The van der Waals surface area contributed by atoms with Crippen LogP contribution in [0.1, 0.15) is 27.7 Å². The second-order valence-electron chi connectivity index (χ2n) is 5.78. The highest BCUT2D eigenvalue weighted by molar-refractivity contribution is 7.99. The highest BCUT2D eigenvalue weighted by atomic mass is 32.2. The highest BCUT2D eigenvalue weighted by Crippen LogP contribution is 2.33. The second-order valence-corrected chi connectivity index (χ2v) is 7.94. The molecule has 0 unspecified atom stereocenters. The lowest BCUT2D eigenvalue weighted by Crippen LogP contribution is -2.16. The molecule has 9 heteroatoms. The van der Waals surface area contributed by atoms with Gasteiger partial charge in [-0.05, 0) is 38.5 Å². The van der Waals surface area contributed by atoms with E-state index in [1.54, 1.807) is 6.92 Å². The fourth-order valence-electron chi connectivity index (χ4n) is 2.42. The van der Waals surface area contributed by atoms with Crippen LogP contribution in [0.3, 0.4) is 0 Å². The number of carbonyl (C=O) groups excluding carboxylic acids is 2. The van der Waals surface area contributed by atoms with Crippen molar-refractivity contribution in [2.45, 2.75) is 26.0 Å². The van der Waals surface area contributed by atoms with Gasteiger partial charge >= 0.3 is 5.97 Å². The molecule has 0 aliphatic rings. The monoisotopic (exact) mass is 417 g/mol. The summed E-state index contributed by atoms with van der Waals surface area (Å²) in [5, 5.41) is 11.5. The Labute approximate surface area is 170 Å². The van der Waals surface area contributed by atoms with Gasteiger partial charge in [0.25, 0.3) is 5.22 Å². The molecule has 2 aromatic heterocycles. The number of thiophene rings is 1. The maximum Gasteiger partial charge on any atom is 0.341 e. The van der Waals surface area contributed by atoms with Gasteiger partial charge in [0.2, 0.25) is 11.8 Å². The summed E-state index contributed by atoms with van der Waals surface area (Å²) in [6.07, 6.45) is 0. The first-order chi connectivity index (χ1) is 13.5. The molecule has 1 aromatic carbocycles. The summed E-state index contributed by atoms with van der Waals surface area (Å²) in [7, 11) is 0. The Hall–Kier alpha value is -2.65. The quantitative estimate of drug-likeness (QED) is 0.452. The van der Waals surface area contributed by atoms with E-state index >= 15 is 0 Å². The summed E-state index contributed by atoms with van der Waals surface area (Å²) < 4.78 is 10.7. The maximum atomic E-state index is 12.3. The summed E-state index contributed by atoms with van der Waals surface area (Å²) in [6, 6.07) is 9.40. The molecule has 0 atom stereocenters. The Bertz CT molecular complexity index is 982. The smallest absolute Gasteiger partial charge is 0.341 e. The third kappa shape index (κ3) is 4.60. The number of hydrogen-bond acceptors (Lipinski definition) is 8. The Morgan fingerprint density at radius 3 is 2.68 bits per heavy atom. The zero-order valence-electron chi connectivity index (χ0n) is 15.6. The van der Waals surface area contributed by atoms with E-state index in [2.05, 4.69) is 15.5 Å². The lowest BCUT2D eigenvalue weighted by molar-refractivity contribution is -0.113. The molecule has 3 aromatic rings. The lowest BCUT2D eigenvalue weighted by Gasteiger charge is -2.06. The van der Waals surface area contributed by atoms with Gasteiger partial charge in [-0.25, -0.2) is 4.79 Å². The van der Waals surface area contributed by atoms with Crippen molar-refractivity contribution in [1.29, 1.82) is 0 Å². The van der Waals surface area contributed by atoms with E-state index in [1.807, 2.05) is 44.2 Å². The van der Waals surface area contributed by atoms with Crippen LogP contribution in [0.2, 0.25) is 0 Å². The number of nitrogens with zero attached hydrogens (tertiary/aromatic N) is 2. The highest BCUT2D eigenvalue weighted by Gasteiger charge is 2.22. The van der Waals surface area contributed by atoms with Gasteiger partial charge in [-0.3, -0.25) is 4.79 Å². The Morgan fingerprint density at radius 1 is 1.21 bits per heavy atom. The molecule has 0 saturated heterocycles. The zero-order valence-corrected chi connectivity index (χ0v) is 17.3. The van der Waals surface area contributed by atoms with Crippen LogP contribution in [0.25, 0.3) is 11.5 Å². The van der Waals surface area contributed by atoms with Crippen LogP contribution < -0.4 is 5.32 Å². The fourth-order valence-corrected chi connectivity index (χ4v) is 4.05. The van der Waals surface area contributed by atoms with Crippen molar-refractivity contribution in [2.75, 3.05) is 17.7 Å². The van der Waals surface area contributed by atoms with Crippen LogP contribution in [0.5, 0.6) is 0 Å². The van der Waals surface area contributed by atoms with Crippen LogP contribution in [0.4, 0.5) is 5.00 Å². The number of thioether (sulfide) groups is 1. The molecular weight excluding hydrogens is 398 g/mol. The van der Waals surface area contributed by atoms with Gasteiger partial charge in [-0.15, -0.1) is 21.5 Å². The first-order valence-electron chi connectivity index (χ1n) is 8.58. The van der Waals surface area contributed by atoms with Gasteiger partial charge < -0.3 is 14.5 Å². The number of aryl methyl sites for hydroxylation is 1. The molecule has 0 bridgehead atoms. The van der Waals surface area contributed by atoms with Crippen molar-refractivity contribution >= 4 is 40.0 Å². The number of nitrogens with one attached hydrogen (secondary N) is 1. The van der Waals surface area contributed by atoms with E-state index in [0.717, 1.165) is 27.8 Å². The van der Waals surface area contributed by atoms with Gasteiger partial charge in [0.05, 0.1) is 17.9 Å². The van der Waals surface area contributed by atoms with Crippen molar-refractivity contribution in [3.63, 3.8) is 0 Å². The van der Waals surface area contributed by atoms with Gasteiger partial charge in [-0.2, -0.15) is 0 Å². The van der Waals surface area contributed by atoms with Crippen LogP contribution in [-0.2, 0) is 9.53 Å². The van der Waals surface area contributed by atoms with E-state index in [1.165, 1.54) is 11.3 Å². The average molecular weight is 418 g/mol. The summed E-state index contributed by atoms with van der Waals surface area (Å²) in [5.41, 5.74) is 2.04. The molecule has 146 valence electrons. The molecule has 0 saturated carbocycles. The third-order valence-corrected chi connectivity index (χ3v) is 5.81. The Kier molecular flexibility index (Phi) is 6.48. The molecule has 0 radical (unpaired) electrons. The summed E-state index contributed by atoms with van der Waals surface area (Å²) in [4.78, 5) is 25.5. The number of amides is 1. The molecule has 28 heavy (non-hydrogen) atoms. The zero-order chi connectivity index (χ0) is 20.1. The number of benzene rings is 1. The van der Waals surface area contributed by atoms with Gasteiger partial charge in [-0.1, -0.05) is 30.0 Å². The summed E-state index contributed by atoms with van der Waals surface area (Å²) in [5.74, 6) is -0.222. The normalized spacial score (nSPS) is 10.7. The van der Waals surface area contributed by atoms with Crippen molar-refractivity contribution in [1.82, 2.24) is 10.2 Å². The molecule has 1 amide bonds. The molecule has 0 spiro atoms. The molecule has 7 nitrogen and oxygen atoms in total. The predicted molar refractivity (Wildman–Crippen MR) is 109 cm³/mol. The third-order valence-electron chi connectivity index (χ3n) is 3.87. The average Bonchev–Trinajstić information content (AvgIpc) is 3.26. The van der Waals surface area contributed by atoms with E-state index in [0.29, 0.717) is 21.7 Å². The van der Waals surface area contributed by atoms with E-state index in [-0.39, 0.29) is 18.3 Å². The molecule has 1 N–H and O–H groups in total. The van der Waals surface area contributed by atoms with Crippen LogP contribution in [0.15, 0.2) is 40.0 Å². The topological polar surface area (TPSA) is 94.3 Å². The maximum absolute atomic E-state index is 12.3. The Morgan fingerprint density at radius 2 is 1.96 bits per heavy atom. The van der Waals surface area contributed by atoms with Crippen LogP contribution in [0, 0.1) is 13.8 Å². The minimum atomic E-state index is -0.434. The number of aromatic nitrogens is 2. The largest absolute Gasteiger partial charge is 0.462 e. The van der Waals surface area contributed by atoms with Crippen molar-refractivity contribution < 1.29 is 18.7 Å². The molecule has 0 aliphatic heterocycles. The molecule has 0 aliphatic carbocycles. The number of hydrogen-bond donors (Lipinski definition) is 1. The van der Waals surface area contributed by atoms with Crippen molar-refractivity contribution in [3.05, 3.63) is 46.3 Å². The number of anilines is 1. The van der Waals surface area contributed by atoms with Crippen molar-refractivity contribution in [2.24, 2.45) is 0 Å². The van der Waals surface area contributed by atoms with Crippen LogP contribution in [-0.4, -0.2) is 34.4 Å². The standard InChI is InChI=1S/C19H19N3O4S2/c1-4-25-18(24)15-11(2)12(3)28-17(15)20-14(23)10-27-19-22-21-16(26-19)13-8-6-5-7-9-13/h5-9H,4,10H2,1-3H3,(H,20,23). The van der Waals surface area contributed by atoms with Crippen molar-refractivity contribution in [3.8, 4) is 11.5 Å². The van der Waals surface area contributed by atoms with E-state index in [4.69, 9.17) is 9.15 Å². The van der Waals surface area contributed by atoms with Crippen LogP contribution >= 0.6 is 23.1 Å². The number of esters is 1. The first-order valence-corrected chi connectivity index (χ1v) is 10.4. The SMILES string of the molecule is CCOC(=O)c1c(NC(=O)CSc2nnc(-c3ccccc3)o2)sc(C)c1C. The van der Waals surface area contributed by atoms with E-state index in [9.17, 15) is 9.59 Å². The fraction of sp³-hybridized carbons (Fsp3) is 0.263. The number of rotatable bonds is 7. The summed E-state index contributed by atoms with van der Waals surface area (Å²) >= 11 is 2.49. The molecule has 0 fully saturated rings. The lowest BCUT2D eigenvalue weighted by atomic mass is 10.1. The van der Waals surface area contributed by atoms with Gasteiger partial charge in [0, 0.05) is 10.4 Å².